The number of amides is 1. The molecule has 0 atom stereocenters. The normalized spacial score (nSPS) is 9.33. The summed E-state index contributed by atoms with van der Waals surface area (Å²) in [5.74, 6) is 6.73. The van der Waals surface area contributed by atoms with E-state index in [0.717, 1.165) is 11.1 Å². The molecule has 2 aromatic rings. The number of pyridine rings is 1. The SMILES string of the molecule is O=C(O)NCCOc1cccc(C#Cc2ccncc2)c1. The van der Waals surface area contributed by atoms with Gasteiger partial charge in [0.1, 0.15) is 12.4 Å². The summed E-state index contributed by atoms with van der Waals surface area (Å²) in [5.41, 5.74) is 1.72. The van der Waals surface area contributed by atoms with Gasteiger partial charge in [-0.15, -0.1) is 0 Å². The lowest BCUT2D eigenvalue weighted by molar-refractivity contribution is 0.191. The second-order valence-electron chi connectivity index (χ2n) is 4.09. The van der Waals surface area contributed by atoms with E-state index in [1.807, 2.05) is 30.3 Å². The Morgan fingerprint density at radius 1 is 1.19 bits per heavy atom. The van der Waals surface area contributed by atoms with Crippen molar-refractivity contribution in [3.05, 3.63) is 59.9 Å². The van der Waals surface area contributed by atoms with Gasteiger partial charge in [0.25, 0.3) is 0 Å². The first-order valence-electron chi connectivity index (χ1n) is 6.36. The molecule has 0 saturated carbocycles. The fourth-order valence-corrected chi connectivity index (χ4v) is 1.57. The van der Waals surface area contributed by atoms with Gasteiger partial charge in [-0.3, -0.25) is 4.98 Å². The van der Waals surface area contributed by atoms with Gasteiger partial charge >= 0.3 is 6.09 Å². The van der Waals surface area contributed by atoms with Crippen LogP contribution >= 0.6 is 0 Å². The van der Waals surface area contributed by atoms with Crippen molar-refractivity contribution in [3.8, 4) is 17.6 Å². The predicted octanol–water partition coefficient (Wildman–Crippen LogP) is 2.13. The molecule has 1 aromatic carbocycles. The minimum absolute atomic E-state index is 0.238. The lowest BCUT2D eigenvalue weighted by Crippen LogP contribution is -2.26. The fourth-order valence-electron chi connectivity index (χ4n) is 1.57. The van der Waals surface area contributed by atoms with Crippen LogP contribution in [0.25, 0.3) is 0 Å². The van der Waals surface area contributed by atoms with Gasteiger partial charge in [0.05, 0.1) is 6.54 Å². The van der Waals surface area contributed by atoms with Crippen molar-refractivity contribution in [2.45, 2.75) is 0 Å². The largest absolute Gasteiger partial charge is 0.492 e. The van der Waals surface area contributed by atoms with Crippen molar-refractivity contribution in [2.75, 3.05) is 13.2 Å². The number of hydrogen-bond acceptors (Lipinski definition) is 3. The molecule has 0 saturated heterocycles. The monoisotopic (exact) mass is 282 g/mol. The molecule has 0 aliphatic heterocycles. The topological polar surface area (TPSA) is 71.5 Å². The Bertz CT molecular complexity index is 660. The predicted molar refractivity (Wildman–Crippen MR) is 78.2 cm³/mol. The molecule has 0 fully saturated rings. The molecular weight excluding hydrogens is 268 g/mol. The third kappa shape index (κ3) is 5.25. The van der Waals surface area contributed by atoms with E-state index < -0.39 is 6.09 Å². The summed E-state index contributed by atoms with van der Waals surface area (Å²) in [6.07, 6.45) is 2.33. The Morgan fingerprint density at radius 2 is 1.95 bits per heavy atom. The number of ether oxygens (including phenoxy) is 1. The first-order valence-corrected chi connectivity index (χ1v) is 6.36. The molecule has 0 radical (unpaired) electrons. The average molecular weight is 282 g/mol. The molecule has 0 unspecified atom stereocenters. The first kappa shape index (κ1) is 14.4. The number of benzene rings is 1. The Balaban J connectivity index is 1.95. The molecule has 1 aromatic heterocycles. The van der Waals surface area contributed by atoms with Gasteiger partial charge in [-0.2, -0.15) is 0 Å². The van der Waals surface area contributed by atoms with E-state index in [1.165, 1.54) is 0 Å². The highest BCUT2D eigenvalue weighted by Gasteiger charge is 1.97. The Labute approximate surface area is 122 Å². The molecule has 106 valence electrons. The minimum Gasteiger partial charge on any atom is -0.492 e. The van der Waals surface area contributed by atoms with Crippen LogP contribution in [0, 0.1) is 11.8 Å². The maximum Gasteiger partial charge on any atom is 0.404 e. The molecule has 0 bridgehead atoms. The van der Waals surface area contributed by atoms with Crippen molar-refractivity contribution in [2.24, 2.45) is 0 Å². The summed E-state index contributed by atoms with van der Waals surface area (Å²) >= 11 is 0. The zero-order valence-electron chi connectivity index (χ0n) is 11.2. The van der Waals surface area contributed by atoms with Crippen molar-refractivity contribution in [3.63, 3.8) is 0 Å². The van der Waals surface area contributed by atoms with Crippen LogP contribution in [0.15, 0.2) is 48.8 Å². The van der Waals surface area contributed by atoms with Gasteiger partial charge in [-0.25, -0.2) is 4.79 Å². The minimum atomic E-state index is -1.06. The average Bonchev–Trinajstić information content (AvgIpc) is 2.51. The van der Waals surface area contributed by atoms with Crippen LogP contribution in [-0.2, 0) is 0 Å². The van der Waals surface area contributed by atoms with Gasteiger partial charge < -0.3 is 15.2 Å². The number of hydrogen-bond donors (Lipinski definition) is 2. The number of nitrogens with zero attached hydrogens (tertiary/aromatic N) is 1. The van der Waals surface area contributed by atoms with Crippen molar-refractivity contribution < 1.29 is 14.6 Å². The lowest BCUT2D eigenvalue weighted by atomic mass is 10.2. The standard InChI is InChI=1S/C16H14N2O3/c19-16(20)18-10-11-21-15-3-1-2-14(12-15)5-4-13-6-8-17-9-7-13/h1-3,6-9,12,18H,10-11H2,(H,19,20). The summed E-state index contributed by atoms with van der Waals surface area (Å²) in [4.78, 5) is 14.2. The third-order valence-corrected chi connectivity index (χ3v) is 2.51. The summed E-state index contributed by atoms with van der Waals surface area (Å²) in [6.45, 7) is 0.510. The molecule has 5 heteroatoms. The third-order valence-electron chi connectivity index (χ3n) is 2.51. The van der Waals surface area contributed by atoms with E-state index in [-0.39, 0.29) is 13.2 Å². The number of nitrogens with one attached hydrogen (secondary N) is 1. The van der Waals surface area contributed by atoms with E-state index in [9.17, 15) is 4.79 Å². The fraction of sp³-hybridized carbons (Fsp3) is 0.125. The molecule has 0 spiro atoms. The Kier molecular flexibility index (Phi) is 5.18. The molecule has 0 aliphatic carbocycles. The molecular formula is C16H14N2O3. The summed E-state index contributed by atoms with van der Waals surface area (Å²) in [7, 11) is 0. The van der Waals surface area contributed by atoms with Crippen LogP contribution in [-0.4, -0.2) is 29.3 Å². The van der Waals surface area contributed by atoms with Gasteiger partial charge in [-0.05, 0) is 30.3 Å². The molecule has 21 heavy (non-hydrogen) atoms. The first-order chi connectivity index (χ1) is 10.2. The van der Waals surface area contributed by atoms with Crippen LogP contribution in [0.5, 0.6) is 5.75 Å². The quantitative estimate of drug-likeness (QED) is 0.665. The van der Waals surface area contributed by atoms with E-state index in [2.05, 4.69) is 22.1 Å². The van der Waals surface area contributed by atoms with Crippen LogP contribution < -0.4 is 10.1 Å². The maximum absolute atomic E-state index is 10.3. The highest BCUT2D eigenvalue weighted by molar-refractivity contribution is 5.64. The highest BCUT2D eigenvalue weighted by atomic mass is 16.5. The van der Waals surface area contributed by atoms with Crippen LogP contribution in [0.1, 0.15) is 11.1 Å². The van der Waals surface area contributed by atoms with Gasteiger partial charge in [-0.1, -0.05) is 17.9 Å². The zero-order chi connectivity index (χ0) is 14.9. The molecule has 1 amide bonds. The van der Waals surface area contributed by atoms with E-state index in [4.69, 9.17) is 9.84 Å². The molecule has 2 N–H and O–H groups in total. The van der Waals surface area contributed by atoms with Crippen molar-refractivity contribution >= 4 is 6.09 Å². The second-order valence-corrected chi connectivity index (χ2v) is 4.09. The molecule has 1 heterocycles. The summed E-state index contributed by atoms with van der Waals surface area (Å²) in [6, 6.07) is 11.0. The van der Waals surface area contributed by atoms with E-state index in [0.29, 0.717) is 5.75 Å². The molecule has 5 nitrogen and oxygen atoms in total. The number of carbonyl (C=O) groups is 1. The number of rotatable bonds is 4. The maximum atomic E-state index is 10.3. The Morgan fingerprint density at radius 3 is 2.71 bits per heavy atom. The van der Waals surface area contributed by atoms with Crippen LogP contribution in [0.3, 0.4) is 0 Å². The van der Waals surface area contributed by atoms with E-state index in [1.54, 1.807) is 18.5 Å². The number of aromatic nitrogens is 1. The summed E-state index contributed by atoms with van der Waals surface area (Å²) < 4.78 is 5.45. The second kappa shape index (κ2) is 7.56. The highest BCUT2D eigenvalue weighted by Crippen LogP contribution is 2.12. The van der Waals surface area contributed by atoms with Crippen LogP contribution in [0.4, 0.5) is 4.79 Å². The van der Waals surface area contributed by atoms with Crippen molar-refractivity contribution in [1.82, 2.24) is 10.3 Å². The van der Waals surface area contributed by atoms with Gasteiger partial charge in [0, 0.05) is 23.5 Å². The number of carboxylic acid groups (broad SMARTS) is 1. The zero-order valence-corrected chi connectivity index (χ0v) is 11.2. The van der Waals surface area contributed by atoms with Gasteiger partial charge in [0.15, 0.2) is 0 Å². The smallest absolute Gasteiger partial charge is 0.404 e. The van der Waals surface area contributed by atoms with E-state index >= 15 is 0 Å². The van der Waals surface area contributed by atoms with Crippen LogP contribution in [0.2, 0.25) is 0 Å². The van der Waals surface area contributed by atoms with Gasteiger partial charge in [0.2, 0.25) is 0 Å². The lowest BCUT2D eigenvalue weighted by Gasteiger charge is -2.06. The van der Waals surface area contributed by atoms with Crippen molar-refractivity contribution in [1.29, 1.82) is 0 Å². The summed E-state index contributed by atoms with van der Waals surface area (Å²) in [5, 5.41) is 10.7. The molecule has 2 rings (SSSR count). The molecule has 0 aliphatic rings. The Hall–Kier alpha value is -3.00.